The smallest absolute Gasteiger partial charge is 0.260 e. The molecule has 2 aromatic carbocycles. The lowest BCUT2D eigenvalue weighted by atomic mass is 9.99. The summed E-state index contributed by atoms with van der Waals surface area (Å²) >= 11 is 0. The summed E-state index contributed by atoms with van der Waals surface area (Å²) in [6.45, 7) is 3.72. The second-order valence-corrected chi connectivity index (χ2v) is 6.25. The highest BCUT2D eigenvalue weighted by molar-refractivity contribution is 5.77. The van der Waals surface area contributed by atoms with Crippen LogP contribution in [0.4, 0.5) is 4.39 Å². The van der Waals surface area contributed by atoms with E-state index in [-0.39, 0.29) is 18.3 Å². The first kappa shape index (κ1) is 17.9. The number of benzene rings is 2. The van der Waals surface area contributed by atoms with Crippen molar-refractivity contribution in [3.05, 3.63) is 65.5 Å². The number of ether oxygens (including phenoxy) is 1. The fourth-order valence-corrected chi connectivity index (χ4v) is 2.17. The van der Waals surface area contributed by atoms with Crippen LogP contribution in [0.3, 0.4) is 0 Å². The van der Waals surface area contributed by atoms with Crippen molar-refractivity contribution in [3.63, 3.8) is 0 Å². The van der Waals surface area contributed by atoms with E-state index in [9.17, 15) is 14.3 Å². The van der Waals surface area contributed by atoms with Gasteiger partial charge in [-0.1, -0.05) is 24.3 Å². The average molecular weight is 331 g/mol. The third-order valence-electron chi connectivity index (χ3n) is 3.68. The van der Waals surface area contributed by atoms with Crippen molar-refractivity contribution in [1.29, 1.82) is 0 Å². The molecular formula is C19H22FNO3. The number of amides is 1. The normalized spacial score (nSPS) is 11.2. The number of aliphatic hydroxyl groups is 1. The van der Waals surface area contributed by atoms with E-state index in [0.29, 0.717) is 12.3 Å². The zero-order valence-corrected chi connectivity index (χ0v) is 14.1. The summed E-state index contributed by atoms with van der Waals surface area (Å²) in [5.41, 5.74) is 0.709. The molecule has 1 N–H and O–H groups in total. The van der Waals surface area contributed by atoms with E-state index in [1.54, 1.807) is 57.3 Å². The number of nitrogens with zero attached hydrogens (tertiary/aromatic N) is 1. The summed E-state index contributed by atoms with van der Waals surface area (Å²) in [7, 11) is 1.67. The number of hydrogen-bond donors (Lipinski definition) is 1. The molecule has 0 aliphatic carbocycles. The molecule has 0 saturated carbocycles. The Morgan fingerprint density at radius 1 is 1.12 bits per heavy atom. The monoisotopic (exact) mass is 331 g/mol. The van der Waals surface area contributed by atoms with Gasteiger partial charge in [-0.3, -0.25) is 4.79 Å². The summed E-state index contributed by atoms with van der Waals surface area (Å²) in [5, 5.41) is 9.90. The first-order chi connectivity index (χ1) is 11.3. The van der Waals surface area contributed by atoms with Gasteiger partial charge in [-0.15, -0.1) is 0 Å². The van der Waals surface area contributed by atoms with Crippen LogP contribution in [0.15, 0.2) is 48.5 Å². The number of rotatable bonds is 6. The number of carbonyl (C=O) groups is 1. The van der Waals surface area contributed by atoms with Crippen LogP contribution in [0.5, 0.6) is 5.75 Å². The van der Waals surface area contributed by atoms with Crippen LogP contribution >= 0.6 is 0 Å². The lowest BCUT2D eigenvalue weighted by Crippen LogP contribution is -2.30. The standard InChI is InChI=1S/C19H22FNO3/c1-19(2,23)15-6-10-17(11-7-15)24-13-18(22)21(3)12-14-4-8-16(20)9-5-14/h4-11,23H,12-13H2,1-3H3. The van der Waals surface area contributed by atoms with Crippen LogP contribution in [0.1, 0.15) is 25.0 Å². The molecule has 24 heavy (non-hydrogen) atoms. The zero-order valence-electron chi connectivity index (χ0n) is 14.1. The van der Waals surface area contributed by atoms with E-state index in [0.717, 1.165) is 11.1 Å². The van der Waals surface area contributed by atoms with Crippen molar-refractivity contribution in [2.24, 2.45) is 0 Å². The Morgan fingerprint density at radius 3 is 2.25 bits per heavy atom. The van der Waals surface area contributed by atoms with Gasteiger partial charge in [0.25, 0.3) is 5.91 Å². The van der Waals surface area contributed by atoms with E-state index >= 15 is 0 Å². The molecule has 0 unspecified atom stereocenters. The predicted molar refractivity (Wildman–Crippen MR) is 90.1 cm³/mol. The molecule has 2 aromatic rings. The molecule has 0 bridgehead atoms. The van der Waals surface area contributed by atoms with Crippen LogP contribution in [0, 0.1) is 5.82 Å². The van der Waals surface area contributed by atoms with E-state index in [1.807, 2.05) is 0 Å². The molecule has 0 aromatic heterocycles. The van der Waals surface area contributed by atoms with Gasteiger partial charge in [-0.25, -0.2) is 4.39 Å². The first-order valence-corrected chi connectivity index (χ1v) is 7.70. The number of likely N-dealkylation sites (N-methyl/N-ethyl adjacent to an activating group) is 1. The van der Waals surface area contributed by atoms with E-state index in [4.69, 9.17) is 4.74 Å². The van der Waals surface area contributed by atoms with Gasteiger partial charge >= 0.3 is 0 Å². The number of hydrogen-bond acceptors (Lipinski definition) is 3. The quantitative estimate of drug-likeness (QED) is 0.885. The maximum Gasteiger partial charge on any atom is 0.260 e. The SMILES string of the molecule is CN(Cc1ccc(F)cc1)C(=O)COc1ccc(C(C)(C)O)cc1. The molecule has 0 fully saturated rings. The largest absolute Gasteiger partial charge is 0.484 e. The summed E-state index contributed by atoms with van der Waals surface area (Å²) in [4.78, 5) is 13.6. The van der Waals surface area contributed by atoms with Gasteiger partial charge in [0.05, 0.1) is 5.60 Å². The minimum Gasteiger partial charge on any atom is -0.484 e. The minimum absolute atomic E-state index is 0.0838. The first-order valence-electron chi connectivity index (χ1n) is 7.70. The summed E-state index contributed by atoms with van der Waals surface area (Å²) in [6.07, 6.45) is 0. The Labute approximate surface area is 141 Å². The maximum atomic E-state index is 12.9. The third kappa shape index (κ3) is 5.06. The van der Waals surface area contributed by atoms with Gasteiger partial charge in [-0.2, -0.15) is 0 Å². The van der Waals surface area contributed by atoms with Crippen molar-refractivity contribution < 1.29 is 19.0 Å². The fourth-order valence-electron chi connectivity index (χ4n) is 2.17. The Balaban J connectivity index is 1.86. The van der Waals surface area contributed by atoms with Crippen LogP contribution in [-0.4, -0.2) is 29.6 Å². The topological polar surface area (TPSA) is 49.8 Å². The van der Waals surface area contributed by atoms with Gasteiger partial charge in [0.15, 0.2) is 6.61 Å². The molecule has 0 aliphatic heterocycles. The molecule has 0 aliphatic rings. The van der Waals surface area contributed by atoms with Crippen LogP contribution in [-0.2, 0) is 16.9 Å². The molecule has 128 valence electrons. The highest BCUT2D eigenvalue weighted by Gasteiger charge is 2.16. The second kappa shape index (κ2) is 7.45. The van der Waals surface area contributed by atoms with Gasteiger partial charge in [0.2, 0.25) is 0 Å². The lowest BCUT2D eigenvalue weighted by molar-refractivity contribution is -0.132. The fraction of sp³-hybridized carbons (Fsp3) is 0.316. The van der Waals surface area contributed by atoms with E-state index in [1.165, 1.54) is 17.0 Å². The van der Waals surface area contributed by atoms with E-state index < -0.39 is 5.60 Å². The van der Waals surface area contributed by atoms with Crippen molar-refractivity contribution >= 4 is 5.91 Å². The van der Waals surface area contributed by atoms with Crippen LogP contribution in [0.2, 0.25) is 0 Å². The van der Waals surface area contributed by atoms with E-state index in [2.05, 4.69) is 0 Å². The van der Waals surface area contributed by atoms with Crippen molar-refractivity contribution in [2.75, 3.05) is 13.7 Å². The lowest BCUT2D eigenvalue weighted by Gasteiger charge is -2.19. The third-order valence-corrected chi connectivity index (χ3v) is 3.68. The van der Waals surface area contributed by atoms with Gasteiger partial charge < -0.3 is 14.7 Å². The Kier molecular flexibility index (Phi) is 5.57. The van der Waals surface area contributed by atoms with Gasteiger partial charge in [-0.05, 0) is 49.2 Å². The molecule has 0 saturated heterocycles. The van der Waals surface area contributed by atoms with Crippen molar-refractivity contribution in [2.45, 2.75) is 26.0 Å². The minimum atomic E-state index is -0.913. The predicted octanol–water partition coefficient (Wildman–Crippen LogP) is 3.09. The Hall–Kier alpha value is -2.40. The highest BCUT2D eigenvalue weighted by atomic mass is 19.1. The summed E-state index contributed by atoms with van der Waals surface area (Å²) < 4.78 is 18.4. The van der Waals surface area contributed by atoms with Gasteiger partial charge in [0, 0.05) is 13.6 Å². The maximum absolute atomic E-state index is 12.9. The summed E-state index contributed by atoms with van der Waals surface area (Å²) in [6, 6.07) is 13.0. The summed E-state index contributed by atoms with van der Waals surface area (Å²) in [5.74, 6) is 0.0861. The molecule has 0 atom stereocenters. The Bertz CT molecular complexity index is 675. The molecule has 0 radical (unpaired) electrons. The number of carbonyl (C=O) groups excluding carboxylic acids is 1. The van der Waals surface area contributed by atoms with Crippen molar-refractivity contribution in [3.8, 4) is 5.75 Å². The molecule has 1 amide bonds. The molecular weight excluding hydrogens is 309 g/mol. The Morgan fingerprint density at radius 2 is 1.71 bits per heavy atom. The molecule has 0 heterocycles. The average Bonchev–Trinajstić information content (AvgIpc) is 2.54. The molecule has 0 spiro atoms. The molecule has 2 rings (SSSR count). The van der Waals surface area contributed by atoms with Crippen LogP contribution < -0.4 is 4.74 Å². The molecule has 5 heteroatoms. The highest BCUT2D eigenvalue weighted by Crippen LogP contribution is 2.22. The second-order valence-electron chi connectivity index (χ2n) is 6.25. The zero-order chi connectivity index (χ0) is 17.7. The number of halogens is 1. The van der Waals surface area contributed by atoms with Gasteiger partial charge in [0.1, 0.15) is 11.6 Å². The van der Waals surface area contributed by atoms with Crippen molar-refractivity contribution in [1.82, 2.24) is 4.90 Å². The molecule has 4 nitrogen and oxygen atoms in total. The van der Waals surface area contributed by atoms with Crippen LogP contribution in [0.25, 0.3) is 0 Å².